The first kappa shape index (κ1) is 11.9. The fraction of sp³-hybridized carbons (Fsp3) is 0.500. The van der Waals surface area contributed by atoms with E-state index < -0.39 is 0 Å². The topological polar surface area (TPSA) is 43.1 Å². The Morgan fingerprint density at radius 3 is 2.64 bits per heavy atom. The highest BCUT2D eigenvalue weighted by Gasteiger charge is 2.16. The van der Waals surface area contributed by atoms with Crippen LogP contribution < -0.4 is 5.73 Å². The van der Waals surface area contributed by atoms with Gasteiger partial charge in [0.15, 0.2) is 5.78 Å². The molecule has 0 aromatic carbocycles. The summed E-state index contributed by atoms with van der Waals surface area (Å²) in [7, 11) is 0. The van der Waals surface area contributed by atoms with E-state index in [-0.39, 0.29) is 11.3 Å². The minimum Gasteiger partial charge on any atom is -0.326 e. The fourth-order valence-electron chi connectivity index (χ4n) is 1.05. The van der Waals surface area contributed by atoms with Crippen LogP contribution in [-0.4, -0.2) is 11.3 Å². The van der Waals surface area contributed by atoms with Crippen molar-refractivity contribution in [1.82, 2.24) is 0 Å². The maximum atomic E-state index is 11.7. The number of hydrogen-bond donors (Lipinski definition) is 1. The quantitative estimate of drug-likeness (QED) is 0.858. The minimum absolute atomic E-state index is 0.164. The van der Waals surface area contributed by atoms with Crippen molar-refractivity contribution in [2.45, 2.75) is 32.2 Å². The zero-order valence-corrected chi connectivity index (χ0v) is 10.7. The van der Waals surface area contributed by atoms with Crippen LogP contribution in [0.2, 0.25) is 0 Å². The molecular formula is C10H14BrNOS. The van der Waals surface area contributed by atoms with Gasteiger partial charge in [-0.15, -0.1) is 0 Å². The summed E-state index contributed by atoms with van der Waals surface area (Å²) in [6.07, 6.45) is 1.23. The van der Waals surface area contributed by atoms with Gasteiger partial charge in [-0.1, -0.05) is 0 Å². The Kier molecular flexibility index (Phi) is 3.86. The predicted octanol–water partition coefficient (Wildman–Crippen LogP) is 3.21. The van der Waals surface area contributed by atoms with Crippen molar-refractivity contribution in [2.24, 2.45) is 5.73 Å². The molecule has 0 unspecified atom stereocenters. The monoisotopic (exact) mass is 275 g/mol. The smallest absolute Gasteiger partial charge is 0.164 e. The lowest BCUT2D eigenvalue weighted by Gasteiger charge is -2.17. The van der Waals surface area contributed by atoms with Crippen LogP contribution in [0.4, 0.5) is 0 Å². The van der Waals surface area contributed by atoms with Gasteiger partial charge in [0.05, 0.1) is 0 Å². The maximum absolute atomic E-state index is 11.7. The standard InChI is InChI=1S/C10H14BrNOS/c1-10(2,12)4-3-9(13)7-5-14-6-8(7)11/h5-6H,3-4,12H2,1-2H3. The largest absolute Gasteiger partial charge is 0.326 e. The Labute approximate surface area is 96.6 Å². The molecule has 0 bridgehead atoms. The van der Waals surface area contributed by atoms with Crippen LogP contribution in [0.5, 0.6) is 0 Å². The van der Waals surface area contributed by atoms with Gasteiger partial charge in [-0.05, 0) is 36.2 Å². The first-order valence-corrected chi connectivity index (χ1v) is 6.17. The number of ketones is 1. The van der Waals surface area contributed by atoms with E-state index in [0.717, 1.165) is 10.0 Å². The molecule has 0 aliphatic heterocycles. The molecule has 4 heteroatoms. The van der Waals surface area contributed by atoms with E-state index in [2.05, 4.69) is 15.9 Å². The summed E-state index contributed by atoms with van der Waals surface area (Å²) >= 11 is 4.87. The number of Topliss-reactive ketones (excluding diaryl/α,β-unsaturated/α-hetero) is 1. The molecule has 0 amide bonds. The van der Waals surface area contributed by atoms with Crippen LogP contribution in [0.25, 0.3) is 0 Å². The van der Waals surface area contributed by atoms with Gasteiger partial charge < -0.3 is 5.73 Å². The van der Waals surface area contributed by atoms with Crippen molar-refractivity contribution in [2.75, 3.05) is 0 Å². The normalized spacial score (nSPS) is 11.7. The first-order chi connectivity index (χ1) is 6.40. The number of carbonyl (C=O) groups is 1. The van der Waals surface area contributed by atoms with Crippen molar-refractivity contribution in [3.63, 3.8) is 0 Å². The fourth-order valence-corrected chi connectivity index (χ4v) is 2.57. The highest BCUT2D eigenvalue weighted by molar-refractivity contribution is 9.10. The van der Waals surface area contributed by atoms with Crippen LogP contribution in [0.15, 0.2) is 15.2 Å². The number of halogens is 1. The first-order valence-electron chi connectivity index (χ1n) is 4.44. The highest BCUT2D eigenvalue weighted by atomic mass is 79.9. The van der Waals surface area contributed by atoms with Crippen molar-refractivity contribution in [1.29, 1.82) is 0 Å². The number of nitrogens with two attached hydrogens (primary N) is 1. The molecule has 1 rings (SSSR count). The van der Waals surface area contributed by atoms with Crippen LogP contribution in [0.3, 0.4) is 0 Å². The molecule has 0 atom stereocenters. The average molecular weight is 276 g/mol. The summed E-state index contributed by atoms with van der Waals surface area (Å²) in [4.78, 5) is 11.7. The van der Waals surface area contributed by atoms with E-state index in [0.29, 0.717) is 12.8 Å². The van der Waals surface area contributed by atoms with Crippen molar-refractivity contribution >= 4 is 33.0 Å². The molecule has 0 saturated carbocycles. The molecule has 0 saturated heterocycles. The SMILES string of the molecule is CC(C)(N)CCC(=O)c1cscc1Br. The Morgan fingerprint density at radius 1 is 1.57 bits per heavy atom. The number of hydrogen-bond acceptors (Lipinski definition) is 3. The third kappa shape index (κ3) is 3.52. The lowest BCUT2D eigenvalue weighted by Crippen LogP contribution is -2.32. The summed E-state index contributed by atoms with van der Waals surface area (Å²) in [6, 6.07) is 0. The Morgan fingerprint density at radius 2 is 2.21 bits per heavy atom. The maximum Gasteiger partial charge on any atom is 0.164 e. The van der Waals surface area contributed by atoms with Gasteiger partial charge in [0.1, 0.15) is 0 Å². The molecule has 78 valence electrons. The van der Waals surface area contributed by atoms with Crippen molar-refractivity contribution in [3.8, 4) is 0 Å². The Hall–Kier alpha value is -0.190. The van der Waals surface area contributed by atoms with Gasteiger partial charge >= 0.3 is 0 Å². The van der Waals surface area contributed by atoms with E-state index in [1.165, 1.54) is 11.3 Å². The van der Waals surface area contributed by atoms with E-state index in [4.69, 9.17) is 5.73 Å². The number of rotatable bonds is 4. The summed E-state index contributed by atoms with van der Waals surface area (Å²) in [6.45, 7) is 3.87. The second-order valence-electron chi connectivity index (χ2n) is 4.05. The minimum atomic E-state index is -0.266. The van der Waals surface area contributed by atoms with Crippen LogP contribution in [0, 0.1) is 0 Å². The van der Waals surface area contributed by atoms with Gasteiger partial charge in [0.2, 0.25) is 0 Å². The van der Waals surface area contributed by atoms with Gasteiger partial charge in [0.25, 0.3) is 0 Å². The van der Waals surface area contributed by atoms with E-state index in [1.807, 2.05) is 24.6 Å². The Balaban J connectivity index is 2.56. The zero-order chi connectivity index (χ0) is 10.8. The summed E-state index contributed by atoms with van der Waals surface area (Å²) in [5.41, 5.74) is 6.33. The van der Waals surface area contributed by atoms with Crippen LogP contribution in [-0.2, 0) is 0 Å². The molecule has 0 aliphatic rings. The van der Waals surface area contributed by atoms with E-state index in [9.17, 15) is 4.79 Å². The van der Waals surface area contributed by atoms with E-state index >= 15 is 0 Å². The van der Waals surface area contributed by atoms with Crippen molar-refractivity contribution in [3.05, 3.63) is 20.8 Å². The third-order valence-electron chi connectivity index (χ3n) is 1.91. The van der Waals surface area contributed by atoms with Gasteiger partial charge in [-0.25, -0.2) is 0 Å². The lowest BCUT2D eigenvalue weighted by molar-refractivity contribution is 0.0972. The lowest BCUT2D eigenvalue weighted by atomic mass is 9.97. The molecule has 0 spiro atoms. The summed E-state index contributed by atoms with van der Waals surface area (Å²) < 4.78 is 0.891. The second-order valence-corrected chi connectivity index (χ2v) is 5.64. The molecule has 2 nitrogen and oxygen atoms in total. The average Bonchev–Trinajstić information content (AvgIpc) is 2.46. The molecule has 0 fully saturated rings. The predicted molar refractivity (Wildman–Crippen MR) is 63.8 cm³/mol. The molecule has 1 aromatic rings. The van der Waals surface area contributed by atoms with Crippen LogP contribution in [0.1, 0.15) is 37.0 Å². The molecule has 2 N–H and O–H groups in total. The molecule has 1 aromatic heterocycles. The van der Waals surface area contributed by atoms with Crippen molar-refractivity contribution < 1.29 is 4.79 Å². The molecule has 14 heavy (non-hydrogen) atoms. The zero-order valence-electron chi connectivity index (χ0n) is 8.34. The van der Waals surface area contributed by atoms with Crippen LogP contribution >= 0.6 is 27.3 Å². The molecular weight excluding hydrogens is 262 g/mol. The molecule has 1 heterocycles. The number of thiophene rings is 1. The van der Waals surface area contributed by atoms with Gasteiger partial charge in [-0.3, -0.25) is 4.79 Å². The second kappa shape index (κ2) is 4.55. The summed E-state index contributed by atoms with van der Waals surface area (Å²) in [5.74, 6) is 0.164. The van der Waals surface area contributed by atoms with Gasteiger partial charge in [-0.2, -0.15) is 11.3 Å². The molecule has 0 aliphatic carbocycles. The highest BCUT2D eigenvalue weighted by Crippen LogP contribution is 2.23. The third-order valence-corrected chi connectivity index (χ3v) is 3.61. The van der Waals surface area contributed by atoms with Gasteiger partial charge in [0, 0.05) is 32.8 Å². The summed E-state index contributed by atoms with van der Waals surface area (Å²) in [5, 5.41) is 3.79. The number of carbonyl (C=O) groups excluding carboxylic acids is 1. The Bertz CT molecular complexity index is 327. The van der Waals surface area contributed by atoms with E-state index in [1.54, 1.807) is 0 Å². The molecule has 0 radical (unpaired) electrons.